The lowest BCUT2D eigenvalue weighted by atomic mass is 9.64. The lowest BCUT2D eigenvalue weighted by molar-refractivity contribution is -0.106. The van der Waals surface area contributed by atoms with E-state index in [-0.39, 0.29) is 0 Å². The number of hydrogen-bond acceptors (Lipinski definition) is 1. The first-order valence-corrected chi connectivity index (χ1v) is 4.79. The smallest absolute Gasteiger partial charge is 0.0161 e. The van der Waals surface area contributed by atoms with E-state index in [0.29, 0.717) is 5.41 Å². The molecule has 0 spiro atoms. The summed E-state index contributed by atoms with van der Waals surface area (Å²) in [6, 6.07) is 1.60. The van der Waals surface area contributed by atoms with Gasteiger partial charge in [0.05, 0.1) is 0 Å². The molecule has 1 nitrogen and oxygen atoms in total. The van der Waals surface area contributed by atoms with Crippen LogP contribution in [0.4, 0.5) is 0 Å². The van der Waals surface area contributed by atoms with Crippen molar-refractivity contribution >= 4 is 0 Å². The van der Waals surface area contributed by atoms with Crippen LogP contribution in [-0.4, -0.2) is 24.0 Å². The first-order chi connectivity index (χ1) is 5.07. The van der Waals surface area contributed by atoms with E-state index in [0.717, 1.165) is 12.1 Å². The third-order valence-electron chi connectivity index (χ3n) is 3.97. The van der Waals surface area contributed by atoms with Crippen molar-refractivity contribution in [1.29, 1.82) is 0 Å². The fourth-order valence-electron chi connectivity index (χ4n) is 2.68. The molecule has 1 fully saturated rings. The van der Waals surface area contributed by atoms with Crippen LogP contribution in [0, 0.1) is 5.41 Å². The standard InChI is InChI=1S/C10H21N/c1-6-9-10(4,7-2)8(3)11(9)5/h8-9H,6-7H2,1-5H3. The zero-order valence-corrected chi connectivity index (χ0v) is 8.52. The van der Waals surface area contributed by atoms with Crippen molar-refractivity contribution in [3.63, 3.8) is 0 Å². The maximum atomic E-state index is 2.50. The molecule has 0 bridgehead atoms. The van der Waals surface area contributed by atoms with Gasteiger partial charge in [-0.3, -0.25) is 4.90 Å². The summed E-state index contributed by atoms with van der Waals surface area (Å²) in [5.41, 5.74) is 0.587. The van der Waals surface area contributed by atoms with Gasteiger partial charge in [0, 0.05) is 12.1 Å². The number of nitrogens with zero attached hydrogens (tertiary/aromatic N) is 1. The van der Waals surface area contributed by atoms with Crippen LogP contribution in [-0.2, 0) is 0 Å². The Bertz CT molecular complexity index is 144. The molecule has 3 unspecified atom stereocenters. The first-order valence-electron chi connectivity index (χ1n) is 4.79. The van der Waals surface area contributed by atoms with Crippen molar-refractivity contribution in [1.82, 2.24) is 4.90 Å². The molecule has 1 rings (SSSR count). The van der Waals surface area contributed by atoms with Crippen molar-refractivity contribution in [2.45, 2.75) is 52.6 Å². The Hall–Kier alpha value is -0.0400. The largest absolute Gasteiger partial charge is 0.300 e. The van der Waals surface area contributed by atoms with Crippen LogP contribution in [0.1, 0.15) is 40.5 Å². The van der Waals surface area contributed by atoms with E-state index < -0.39 is 0 Å². The van der Waals surface area contributed by atoms with Gasteiger partial charge in [0.1, 0.15) is 0 Å². The van der Waals surface area contributed by atoms with Gasteiger partial charge in [-0.1, -0.05) is 20.8 Å². The van der Waals surface area contributed by atoms with E-state index in [1.807, 2.05) is 0 Å². The van der Waals surface area contributed by atoms with E-state index in [4.69, 9.17) is 0 Å². The molecule has 0 amide bonds. The SMILES string of the molecule is CCC1N(C)C(C)C1(C)CC. The quantitative estimate of drug-likeness (QED) is 0.592. The minimum Gasteiger partial charge on any atom is -0.300 e. The summed E-state index contributed by atoms with van der Waals surface area (Å²) in [5, 5.41) is 0. The van der Waals surface area contributed by atoms with E-state index in [1.165, 1.54) is 12.8 Å². The van der Waals surface area contributed by atoms with Crippen molar-refractivity contribution in [2.24, 2.45) is 5.41 Å². The Kier molecular flexibility index (Phi) is 2.29. The maximum absolute atomic E-state index is 2.50. The van der Waals surface area contributed by atoms with E-state index in [2.05, 4.69) is 39.6 Å². The molecule has 1 aliphatic heterocycles. The second-order valence-corrected chi connectivity index (χ2v) is 4.12. The van der Waals surface area contributed by atoms with Crippen molar-refractivity contribution in [3.05, 3.63) is 0 Å². The third kappa shape index (κ3) is 1.01. The monoisotopic (exact) mass is 155 g/mol. The first kappa shape index (κ1) is 9.05. The molecule has 0 radical (unpaired) electrons. The van der Waals surface area contributed by atoms with Crippen LogP contribution < -0.4 is 0 Å². The number of likely N-dealkylation sites (tertiary alicyclic amines) is 1. The van der Waals surface area contributed by atoms with E-state index in [9.17, 15) is 0 Å². The average Bonchev–Trinajstić information content (AvgIpc) is 2.04. The molecule has 1 heterocycles. The van der Waals surface area contributed by atoms with Crippen LogP contribution in [0.5, 0.6) is 0 Å². The molecule has 11 heavy (non-hydrogen) atoms. The van der Waals surface area contributed by atoms with Crippen molar-refractivity contribution in [2.75, 3.05) is 7.05 Å². The highest BCUT2D eigenvalue weighted by Gasteiger charge is 2.50. The molecule has 1 aliphatic rings. The second kappa shape index (κ2) is 2.78. The Morgan fingerprint density at radius 3 is 2.18 bits per heavy atom. The fourth-order valence-corrected chi connectivity index (χ4v) is 2.68. The van der Waals surface area contributed by atoms with Gasteiger partial charge in [0.2, 0.25) is 0 Å². The summed E-state index contributed by atoms with van der Waals surface area (Å²) in [7, 11) is 2.25. The molecule has 0 N–H and O–H groups in total. The van der Waals surface area contributed by atoms with Gasteiger partial charge >= 0.3 is 0 Å². The van der Waals surface area contributed by atoms with E-state index in [1.54, 1.807) is 0 Å². The molecular formula is C10H21N. The fraction of sp³-hybridized carbons (Fsp3) is 1.00. The molecular weight excluding hydrogens is 134 g/mol. The molecule has 1 saturated heterocycles. The van der Waals surface area contributed by atoms with Crippen LogP contribution in [0.25, 0.3) is 0 Å². The van der Waals surface area contributed by atoms with Crippen LogP contribution in [0.3, 0.4) is 0 Å². The molecule has 66 valence electrons. The Morgan fingerprint density at radius 2 is 1.91 bits per heavy atom. The Balaban J connectivity index is 2.66. The third-order valence-corrected chi connectivity index (χ3v) is 3.97. The summed E-state index contributed by atoms with van der Waals surface area (Å²) in [5.74, 6) is 0. The maximum Gasteiger partial charge on any atom is 0.0161 e. The molecule has 0 aromatic carbocycles. The summed E-state index contributed by atoms with van der Waals surface area (Å²) in [6.07, 6.45) is 2.61. The van der Waals surface area contributed by atoms with Crippen LogP contribution in [0.15, 0.2) is 0 Å². The zero-order chi connectivity index (χ0) is 8.65. The number of hydrogen-bond donors (Lipinski definition) is 0. The predicted octanol–water partition coefficient (Wildman–Crippen LogP) is 2.52. The molecule has 3 atom stereocenters. The predicted molar refractivity (Wildman–Crippen MR) is 49.7 cm³/mol. The highest BCUT2D eigenvalue weighted by Crippen LogP contribution is 2.46. The topological polar surface area (TPSA) is 3.24 Å². The summed E-state index contributed by atoms with van der Waals surface area (Å²) in [6.45, 7) is 9.37. The van der Waals surface area contributed by atoms with Gasteiger partial charge in [-0.2, -0.15) is 0 Å². The van der Waals surface area contributed by atoms with Crippen LogP contribution >= 0.6 is 0 Å². The summed E-state index contributed by atoms with van der Waals surface area (Å²) >= 11 is 0. The van der Waals surface area contributed by atoms with Gasteiger partial charge in [-0.15, -0.1) is 0 Å². The van der Waals surface area contributed by atoms with Gasteiger partial charge in [0.25, 0.3) is 0 Å². The average molecular weight is 155 g/mol. The van der Waals surface area contributed by atoms with Gasteiger partial charge < -0.3 is 0 Å². The van der Waals surface area contributed by atoms with Gasteiger partial charge in [0.15, 0.2) is 0 Å². The Labute approximate surface area is 70.8 Å². The minimum atomic E-state index is 0.587. The van der Waals surface area contributed by atoms with Gasteiger partial charge in [-0.25, -0.2) is 0 Å². The second-order valence-electron chi connectivity index (χ2n) is 4.12. The van der Waals surface area contributed by atoms with Crippen molar-refractivity contribution < 1.29 is 0 Å². The summed E-state index contributed by atoms with van der Waals surface area (Å²) < 4.78 is 0. The lowest BCUT2D eigenvalue weighted by Crippen LogP contribution is -2.67. The lowest BCUT2D eigenvalue weighted by Gasteiger charge is -2.60. The number of rotatable bonds is 2. The van der Waals surface area contributed by atoms with Crippen molar-refractivity contribution in [3.8, 4) is 0 Å². The minimum absolute atomic E-state index is 0.587. The van der Waals surface area contributed by atoms with Gasteiger partial charge in [-0.05, 0) is 32.2 Å². The molecule has 1 heteroatoms. The molecule has 0 aromatic heterocycles. The van der Waals surface area contributed by atoms with E-state index >= 15 is 0 Å². The summed E-state index contributed by atoms with van der Waals surface area (Å²) in [4.78, 5) is 2.50. The van der Waals surface area contributed by atoms with Crippen LogP contribution in [0.2, 0.25) is 0 Å². The molecule has 0 aromatic rings. The molecule has 0 saturated carbocycles. The highest BCUT2D eigenvalue weighted by molar-refractivity contribution is 5.04. The highest BCUT2D eigenvalue weighted by atomic mass is 15.3. The zero-order valence-electron chi connectivity index (χ0n) is 8.52. The Morgan fingerprint density at radius 1 is 1.36 bits per heavy atom. The molecule has 0 aliphatic carbocycles. The normalized spacial score (nSPS) is 45.5.